The third-order valence-electron chi connectivity index (χ3n) is 2.62. The lowest BCUT2D eigenvalue weighted by Crippen LogP contribution is -1.97. The summed E-state index contributed by atoms with van der Waals surface area (Å²) in [6.07, 6.45) is 3.52. The van der Waals surface area contributed by atoms with Crippen molar-refractivity contribution in [3.63, 3.8) is 0 Å². The first kappa shape index (κ1) is 8.91. The summed E-state index contributed by atoms with van der Waals surface area (Å²) in [5.74, 6) is -0.918. The number of hydrogen-bond acceptors (Lipinski definition) is 2. The van der Waals surface area contributed by atoms with Gasteiger partial charge in [0.25, 0.3) is 0 Å². The molecule has 0 atom stereocenters. The van der Waals surface area contributed by atoms with Crippen LogP contribution in [0.3, 0.4) is 0 Å². The van der Waals surface area contributed by atoms with E-state index in [9.17, 15) is 4.79 Å². The van der Waals surface area contributed by atoms with Crippen LogP contribution in [0.5, 0.6) is 0 Å². The molecule has 0 spiro atoms. The van der Waals surface area contributed by atoms with E-state index in [4.69, 9.17) is 5.11 Å². The first-order valence-corrected chi connectivity index (χ1v) is 4.85. The third kappa shape index (κ3) is 1.16. The Labute approximate surface area is 90.8 Å². The Bertz CT molecular complexity index is 700. The van der Waals surface area contributed by atoms with Gasteiger partial charge in [0.05, 0.1) is 11.1 Å². The molecule has 0 aliphatic heterocycles. The van der Waals surface area contributed by atoms with Gasteiger partial charge in [-0.15, -0.1) is 0 Å². The van der Waals surface area contributed by atoms with E-state index in [1.54, 1.807) is 24.4 Å². The van der Waals surface area contributed by atoms with Crippen molar-refractivity contribution in [2.45, 2.75) is 0 Å². The fraction of sp³-hybridized carbons (Fsp3) is 0. The fourth-order valence-corrected chi connectivity index (χ4v) is 1.83. The lowest BCUT2D eigenvalue weighted by Gasteiger charge is -2.03. The number of pyridine rings is 1. The SMILES string of the molecule is O=C(O)c1ccc2ccc3nccn3c2c1. The Morgan fingerprint density at radius 1 is 1.25 bits per heavy atom. The van der Waals surface area contributed by atoms with E-state index in [2.05, 4.69) is 4.98 Å². The number of hydrogen-bond donors (Lipinski definition) is 1. The number of rotatable bonds is 1. The molecule has 78 valence electrons. The number of fused-ring (bicyclic) bond motifs is 3. The maximum absolute atomic E-state index is 10.9. The highest BCUT2D eigenvalue weighted by Gasteiger charge is 2.05. The molecule has 0 unspecified atom stereocenters. The second kappa shape index (κ2) is 3.06. The highest BCUT2D eigenvalue weighted by Crippen LogP contribution is 2.18. The quantitative estimate of drug-likeness (QED) is 0.672. The van der Waals surface area contributed by atoms with Gasteiger partial charge in [-0.2, -0.15) is 0 Å². The zero-order chi connectivity index (χ0) is 11.1. The summed E-state index contributed by atoms with van der Waals surface area (Å²) in [5, 5.41) is 9.94. The standard InChI is InChI=1S/C12H8N2O2/c15-12(16)9-2-1-8-3-4-11-13-5-6-14(11)10(8)7-9/h1-7H,(H,15,16). The van der Waals surface area contributed by atoms with E-state index in [-0.39, 0.29) is 5.56 Å². The summed E-state index contributed by atoms with van der Waals surface area (Å²) in [5.41, 5.74) is 1.96. The first-order valence-electron chi connectivity index (χ1n) is 4.85. The summed E-state index contributed by atoms with van der Waals surface area (Å²) >= 11 is 0. The second-order valence-electron chi connectivity index (χ2n) is 3.57. The van der Waals surface area contributed by atoms with Crippen LogP contribution in [0.15, 0.2) is 42.7 Å². The molecular weight excluding hydrogens is 204 g/mol. The molecule has 4 heteroatoms. The predicted molar refractivity (Wildman–Crippen MR) is 59.7 cm³/mol. The molecule has 0 aliphatic carbocycles. The predicted octanol–water partition coefficient (Wildman–Crippen LogP) is 2.19. The van der Waals surface area contributed by atoms with E-state index < -0.39 is 5.97 Å². The van der Waals surface area contributed by atoms with Gasteiger partial charge in [-0.05, 0) is 29.7 Å². The summed E-state index contributed by atoms with van der Waals surface area (Å²) in [6, 6.07) is 8.91. The van der Waals surface area contributed by atoms with Crippen molar-refractivity contribution in [1.82, 2.24) is 9.38 Å². The summed E-state index contributed by atoms with van der Waals surface area (Å²) in [7, 11) is 0. The number of carboxylic acid groups (broad SMARTS) is 1. The first-order chi connectivity index (χ1) is 7.75. The minimum Gasteiger partial charge on any atom is -0.478 e. The van der Waals surface area contributed by atoms with E-state index in [1.807, 2.05) is 22.7 Å². The zero-order valence-electron chi connectivity index (χ0n) is 8.29. The molecule has 1 N–H and O–H groups in total. The van der Waals surface area contributed by atoms with Gasteiger partial charge in [-0.1, -0.05) is 6.07 Å². The van der Waals surface area contributed by atoms with Crippen LogP contribution in [0.1, 0.15) is 10.4 Å². The zero-order valence-corrected chi connectivity index (χ0v) is 8.29. The van der Waals surface area contributed by atoms with E-state index >= 15 is 0 Å². The summed E-state index contributed by atoms with van der Waals surface area (Å²) in [4.78, 5) is 15.1. The molecule has 2 heterocycles. The van der Waals surface area contributed by atoms with Crippen molar-refractivity contribution >= 4 is 22.5 Å². The van der Waals surface area contributed by atoms with Crippen LogP contribution in [0.4, 0.5) is 0 Å². The molecule has 0 amide bonds. The van der Waals surface area contributed by atoms with Gasteiger partial charge in [0.2, 0.25) is 0 Å². The molecule has 3 rings (SSSR count). The molecule has 2 aromatic heterocycles. The number of imidazole rings is 1. The average Bonchev–Trinajstić information content (AvgIpc) is 2.76. The van der Waals surface area contributed by atoms with Gasteiger partial charge in [-0.25, -0.2) is 9.78 Å². The Kier molecular flexibility index (Phi) is 1.71. The molecule has 0 saturated heterocycles. The Morgan fingerprint density at radius 2 is 2.06 bits per heavy atom. The van der Waals surface area contributed by atoms with Gasteiger partial charge in [-0.3, -0.25) is 4.40 Å². The van der Waals surface area contributed by atoms with Gasteiger partial charge in [0.15, 0.2) is 0 Å². The van der Waals surface area contributed by atoms with Gasteiger partial charge in [0.1, 0.15) is 5.65 Å². The van der Waals surface area contributed by atoms with Gasteiger partial charge < -0.3 is 5.11 Å². The fourth-order valence-electron chi connectivity index (χ4n) is 1.83. The van der Waals surface area contributed by atoms with Crippen LogP contribution in [-0.4, -0.2) is 20.5 Å². The van der Waals surface area contributed by atoms with Crippen molar-refractivity contribution in [1.29, 1.82) is 0 Å². The number of nitrogens with zero attached hydrogens (tertiary/aromatic N) is 2. The molecule has 4 nitrogen and oxygen atoms in total. The molecule has 0 aliphatic rings. The van der Waals surface area contributed by atoms with Gasteiger partial charge >= 0.3 is 5.97 Å². The van der Waals surface area contributed by atoms with Crippen molar-refractivity contribution in [2.24, 2.45) is 0 Å². The average molecular weight is 212 g/mol. The van der Waals surface area contributed by atoms with Crippen LogP contribution in [0.2, 0.25) is 0 Å². The molecular formula is C12H8N2O2. The molecule has 0 fully saturated rings. The van der Waals surface area contributed by atoms with Gasteiger partial charge in [0, 0.05) is 12.4 Å². The Morgan fingerprint density at radius 3 is 2.88 bits per heavy atom. The van der Waals surface area contributed by atoms with E-state index in [0.717, 1.165) is 16.6 Å². The lowest BCUT2D eigenvalue weighted by atomic mass is 10.1. The van der Waals surface area contributed by atoms with Crippen LogP contribution in [0, 0.1) is 0 Å². The largest absolute Gasteiger partial charge is 0.478 e. The molecule has 16 heavy (non-hydrogen) atoms. The van der Waals surface area contributed by atoms with Crippen molar-refractivity contribution in [3.8, 4) is 0 Å². The number of benzene rings is 1. The molecule has 0 saturated carbocycles. The van der Waals surface area contributed by atoms with E-state index in [1.165, 1.54) is 0 Å². The molecule has 3 aromatic rings. The van der Waals surface area contributed by atoms with Crippen LogP contribution < -0.4 is 0 Å². The summed E-state index contributed by atoms with van der Waals surface area (Å²) < 4.78 is 1.88. The highest BCUT2D eigenvalue weighted by molar-refractivity contribution is 5.93. The second-order valence-corrected chi connectivity index (χ2v) is 3.57. The molecule has 0 radical (unpaired) electrons. The Hall–Kier alpha value is -2.36. The smallest absolute Gasteiger partial charge is 0.335 e. The molecule has 1 aromatic carbocycles. The topological polar surface area (TPSA) is 54.6 Å². The third-order valence-corrected chi connectivity index (χ3v) is 2.62. The normalized spacial score (nSPS) is 11.0. The number of aromatic nitrogens is 2. The minimum atomic E-state index is -0.918. The monoisotopic (exact) mass is 212 g/mol. The van der Waals surface area contributed by atoms with Crippen molar-refractivity contribution < 1.29 is 9.90 Å². The van der Waals surface area contributed by atoms with Crippen LogP contribution >= 0.6 is 0 Å². The van der Waals surface area contributed by atoms with Crippen molar-refractivity contribution in [3.05, 3.63) is 48.3 Å². The maximum Gasteiger partial charge on any atom is 0.335 e. The van der Waals surface area contributed by atoms with Crippen LogP contribution in [-0.2, 0) is 0 Å². The Balaban J connectivity index is 2.46. The van der Waals surface area contributed by atoms with E-state index in [0.29, 0.717) is 0 Å². The number of carbonyl (C=O) groups is 1. The number of aromatic carboxylic acids is 1. The van der Waals surface area contributed by atoms with Crippen LogP contribution in [0.25, 0.3) is 16.6 Å². The molecule has 0 bridgehead atoms. The minimum absolute atomic E-state index is 0.286. The number of carboxylic acids is 1. The lowest BCUT2D eigenvalue weighted by molar-refractivity contribution is 0.0697. The summed E-state index contributed by atoms with van der Waals surface area (Å²) in [6.45, 7) is 0. The highest BCUT2D eigenvalue weighted by atomic mass is 16.4. The maximum atomic E-state index is 10.9. The van der Waals surface area contributed by atoms with Crippen molar-refractivity contribution in [2.75, 3.05) is 0 Å².